The summed E-state index contributed by atoms with van der Waals surface area (Å²) in [7, 11) is 0. The van der Waals surface area contributed by atoms with Crippen LogP contribution >= 0.6 is 11.6 Å². The van der Waals surface area contributed by atoms with E-state index in [1.165, 1.54) is 12.1 Å². The molecule has 5 rings (SSSR count). The number of carbonyl (C=O) groups excluding carboxylic acids is 1. The SMILES string of the molecule is CC(C)(C)c1ccc2oc(-c3cc(COc4ccccc4Cl)cc(NC(=O)c4ccccc4C(F)(F)F)c3)nc2c1. The number of rotatable bonds is 6. The zero-order valence-corrected chi connectivity index (χ0v) is 23.2. The number of para-hydroxylation sites is 1. The van der Waals surface area contributed by atoms with Gasteiger partial charge in [0, 0.05) is 11.3 Å². The van der Waals surface area contributed by atoms with Crippen LogP contribution in [0, 0.1) is 0 Å². The van der Waals surface area contributed by atoms with E-state index >= 15 is 0 Å². The molecule has 1 heterocycles. The number of carbonyl (C=O) groups is 1. The van der Waals surface area contributed by atoms with Crippen LogP contribution in [0.15, 0.2) is 89.3 Å². The van der Waals surface area contributed by atoms with Gasteiger partial charge in [-0.3, -0.25) is 4.79 Å². The highest BCUT2D eigenvalue weighted by atomic mass is 35.5. The van der Waals surface area contributed by atoms with Crippen molar-refractivity contribution in [2.24, 2.45) is 0 Å². The van der Waals surface area contributed by atoms with Gasteiger partial charge in [0.15, 0.2) is 5.58 Å². The van der Waals surface area contributed by atoms with Crippen molar-refractivity contribution in [3.8, 4) is 17.2 Å². The number of hydrogen-bond acceptors (Lipinski definition) is 4. The number of nitrogens with zero attached hydrogens (tertiary/aromatic N) is 1. The molecule has 0 spiro atoms. The van der Waals surface area contributed by atoms with E-state index in [2.05, 4.69) is 31.1 Å². The number of aromatic nitrogens is 1. The summed E-state index contributed by atoms with van der Waals surface area (Å²) >= 11 is 6.23. The van der Waals surface area contributed by atoms with Gasteiger partial charge in [0.05, 0.1) is 16.1 Å². The number of nitrogens with one attached hydrogen (secondary N) is 1. The van der Waals surface area contributed by atoms with Gasteiger partial charge in [0.25, 0.3) is 5.91 Å². The Morgan fingerprint density at radius 3 is 2.41 bits per heavy atom. The largest absolute Gasteiger partial charge is 0.487 e. The Morgan fingerprint density at radius 2 is 1.68 bits per heavy atom. The number of hydrogen-bond donors (Lipinski definition) is 1. The lowest BCUT2D eigenvalue weighted by molar-refractivity contribution is -0.137. The highest BCUT2D eigenvalue weighted by Crippen LogP contribution is 2.34. The van der Waals surface area contributed by atoms with Crippen molar-refractivity contribution in [3.05, 3.63) is 112 Å². The predicted octanol–water partition coefficient (Wildman–Crippen LogP) is 9.30. The van der Waals surface area contributed by atoms with Gasteiger partial charge >= 0.3 is 6.18 Å². The fourth-order valence-electron chi connectivity index (χ4n) is 4.34. The molecule has 0 saturated carbocycles. The zero-order chi connectivity index (χ0) is 29.4. The van der Waals surface area contributed by atoms with Crippen molar-refractivity contribution in [3.63, 3.8) is 0 Å². The Hall–Kier alpha value is -4.30. The monoisotopic (exact) mass is 578 g/mol. The number of alkyl halides is 3. The van der Waals surface area contributed by atoms with Crippen LogP contribution in [-0.4, -0.2) is 10.9 Å². The van der Waals surface area contributed by atoms with Crippen molar-refractivity contribution in [1.29, 1.82) is 0 Å². The Kier molecular flexibility index (Phi) is 7.53. The second-order valence-corrected chi connectivity index (χ2v) is 11.0. The molecule has 9 heteroatoms. The minimum Gasteiger partial charge on any atom is -0.487 e. The van der Waals surface area contributed by atoms with E-state index in [0.29, 0.717) is 33.0 Å². The van der Waals surface area contributed by atoms with Crippen molar-refractivity contribution in [1.82, 2.24) is 4.98 Å². The van der Waals surface area contributed by atoms with Gasteiger partial charge in [-0.1, -0.05) is 62.7 Å². The van der Waals surface area contributed by atoms with Crippen LogP contribution in [0.5, 0.6) is 5.75 Å². The molecule has 210 valence electrons. The van der Waals surface area contributed by atoms with E-state index in [1.54, 1.807) is 42.5 Å². The molecule has 1 aromatic heterocycles. The Balaban J connectivity index is 1.53. The summed E-state index contributed by atoms with van der Waals surface area (Å²) in [5, 5.41) is 3.03. The fraction of sp³-hybridized carbons (Fsp3) is 0.188. The van der Waals surface area contributed by atoms with Crippen LogP contribution in [-0.2, 0) is 18.2 Å². The molecule has 41 heavy (non-hydrogen) atoms. The predicted molar refractivity (Wildman–Crippen MR) is 153 cm³/mol. The van der Waals surface area contributed by atoms with E-state index in [9.17, 15) is 18.0 Å². The molecule has 5 aromatic rings. The highest BCUT2D eigenvalue weighted by molar-refractivity contribution is 6.32. The van der Waals surface area contributed by atoms with Gasteiger partial charge in [-0.25, -0.2) is 4.98 Å². The summed E-state index contributed by atoms with van der Waals surface area (Å²) in [6, 6.07) is 22.4. The molecule has 0 radical (unpaired) electrons. The molecule has 0 aliphatic rings. The summed E-state index contributed by atoms with van der Waals surface area (Å²) < 4.78 is 52.6. The first-order valence-corrected chi connectivity index (χ1v) is 13.2. The number of fused-ring (bicyclic) bond motifs is 1. The van der Waals surface area contributed by atoms with Crippen molar-refractivity contribution in [2.75, 3.05) is 5.32 Å². The van der Waals surface area contributed by atoms with Gasteiger partial charge in [-0.15, -0.1) is 0 Å². The van der Waals surface area contributed by atoms with Crippen LogP contribution in [0.3, 0.4) is 0 Å². The van der Waals surface area contributed by atoms with E-state index < -0.39 is 23.2 Å². The Morgan fingerprint density at radius 1 is 0.951 bits per heavy atom. The number of benzene rings is 4. The molecule has 0 fully saturated rings. The van der Waals surface area contributed by atoms with E-state index in [1.807, 2.05) is 18.2 Å². The average molecular weight is 579 g/mol. The summed E-state index contributed by atoms with van der Waals surface area (Å²) in [6.07, 6.45) is -4.69. The molecule has 1 N–H and O–H groups in total. The first kappa shape index (κ1) is 28.2. The van der Waals surface area contributed by atoms with Crippen LogP contribution in [0.4, 0.5) is 18.9 Å². The number of amides is 1. The molecule has 0 atom stereocenters. The lowest BCUT2D eigenvalue weighted by Gasteiger charge is -2.18. The minimum atomic E-state index is -4.69. The maximum atomic E-state index is 13.6. The van der Waals surface area contributed by atoms with Gasteiger partial charge in [-0.05, 0) is 71.1 Å². The molecule has 0 unspecified atom stereocenters. The van der Waals surface area contributed by atoms with E-state index in [4.69, 9.17) is 20.8 Å². The summed E-state index contributed by atoms with van der Waals surface area (Å²) in [5.41, 5.74) is 2.10. The second-order valence-electron chi connectivity index (χ2n) is 10.6. The van der Waals surface area contributed by atoms with E-state index in [0.717, 1.165) is 17.7 Å². The standard InChI is InChI=1S/C32H26ClF3N2O3/c1-31(2,3)21-12-13-28-26(17-21)38-30(41-28)20-14-19(18-40-27-11-7-6-10-25(27)33)15-22(16-20)37-29(39)23-8-4-5-9-24(23)32(34,35)36/h4-17H,18H2,1-3H3,(H,37,39). The first-order valence-electron chi connectivity index (χ1n) is 12.8. The van der Waals surface area contributed by atoms with Crippen LogP contribution in [0.1, 0.15) is 47.8 Å². The molecule has 0 bridgehead atoms. The maximum Gasteiger partial charge on any atom is 0.417 e. The molecule has 0 saturated heterocycles. The molecule has 0 aliphatic carbocycles. The minimum absolute atomic E-state index is 0.0635. The van der Waals surface area contributed by atoms with Crippen molar-refractivity contribution >= 4 is 34.3 Å². The summed E-state index contributed by atoms with van der Waals surface area (Å²) in [6.45, 7) is 6.37. The Labute approximate surface area is 239 Å². The van der Waals surface area contributed by atoms with Crippen LogP contribution in [0.25, 0.3) is 22.6 Å². The topological polar surface area (TPSA) is 64.4 Å². The second kappa shape index (κ2) is 10.9. The van der Waals surface area contributed by atoms with Crippen LogP contribution < -0.4 is 10.1 Å². The molecule has 5 nitrogen and oxygen atoms in total. The van der Waals surface area contributed by atoms with Crippen LogP contribution in [0.2, 0.25) is 5.02 Å². The molecule has 0 aliphatic heterocycles. The van der Waals surface area contributed by atoms with E-state index in [-0.39, 0.29) is 23.6 Å². The third-order valence-corrected chi connectivity index (χ3v) is 6.77. The van der Waals surface area contributed by atoms with Crippen molar-refractivity contribution in [2.45, 2.75) is 39.0 Å². The average Bonchev–Trinajstić information content (AvgIpc) is 3.35. The first-order chi connectivity index (χ1) is 19.4. The van der Waals surface area contributed by atoms with Gasteiger partial charge < -0.3 is 14.5 Å². The quantitative estimate of drug-likeness (QED) is 0.218. The normalized spacial score (nSPS) is 12.0. The number of ether oxygens (including phenoxy) is 1. The van der Waals surface area contributed by atoms with Gasteiger partial charge in [-0.2, -0.15) is 13.2 Å². The lowest BCUT2D eigenvalue weighted by atomic mass is 9.87. The highest BCUT2D eigenvalue weighted by Gasteiger charge is 2.35. The smallest absolute Gasteiger partial charge is 0.417 e. The maximum absolute atomic E-state index is 13.6. The molecule has 4 aromatic carbocycles. The summed E-state index contributed by atoms with van der Waals surface area (Å²) in [4.78, 5) is 17.7. The lowest BCUT2D eigenvalue weighted by Crippen LogP contribution is -2.18. The number of oxazole rings is 1. The van der Waals surface area contributed by atoms with Crippen molar-refractivity contribution < 1.29 is 27.1 Å². The summed E-state index contributed by atoms with van der Waals surface area (Å²) in [5.74, 6) is -0.155. The third kappa shape index (κ3) is 6.38. The molecular formula is C32H26ClF3N2O3. The van der Waals surface area contributed by atoms with Gasteiger partial charge in [0.1, 0.15) is 17.9 Å². The van der Waals surface area contributed by atoms with Gasteiger partial charge in [0.2, 0.25) is 5.89 Å². The zero-order valence-electron chi connectivity index (χ0n) is 22.5. The molecule has 1 amide bonds. The Bertz CT molecular complexity index is 1740. The third-order valence-electron chi connectivity index (χ3n) is 6.46. The number of anilines is 1. The fourth-order valence-corrected chi connectivity index (χ4v) is 4.53. The number of halogens is 4. The molecular weight excluding hydrogens is 553 g/mol.